The summed E-state index contributed by atoms with van der Waals surface area (Å²) >= 11 is 0. The molecule has 0 bridgehead atoms. The first-order chi connectivity index (χ1) is 11.2. The summed E-state index contributed by atoms with van der Waals surface area (Å²) in [5, 5.41) is 17.7. The smallest absolute Gasteiger partial charge is 0.132 e. The zero-order chi connectivity index (χ0) is 16.2. The van der Waals surface area contributed by atoms with Crippen LogP contribution in [0.4, 0.5) is 0 Å². The SMILES string of the molecule is Cc1ccc(-n2nnc(CO)c2COc2ccccc2)cc1C. The maximum atomic E-state index is 9.50. The van der Waals surface area contributed by atoms with Gasteiger partial charge < -0.3 is 9.84 Å². The largest absolute Gasteiger partial charge is 0.487 e. The van der Waals surface area contributed by atoms with Gasteiger partial charge in [0.05, 0.1) is 12.3 Å². The van der Waals surface area contributed by atoms with Gasteiger partial charge in [0.2, 0.25) is 0 Å². The molecule has 118 valence electrons. The van der Waals surface area contributed by atoms with Crippen molar-refractivity contribution in [1.82, 2.24) is 15.0 Å². The van der Waals surface area contributed by atoms with Crippen molar-refractivity contribution in [1.29, 1.82) is 0 Å². The number of aromatic nitrogens is 3. The Hall–Kier alpha value is -2.66. The second-order valence-corrected chi connectivity index (χ2v) is 5.42. The topological polar surface area (TPSA) is 60.2 Å². The standard InChI is InChI=1S/C18H19N3O2/c1-13-8-9-15(10-14(13)2)21-18(17(11-22)19-20-21)12-23-16-6-4-3-5-7-16/h3-10,22H,11-12H2,1-2H3. The Morgan fingerprint density at radius 2 is 1.83 bits per heavy atom. The number of rotatable bonds is 5. The molecule has 0 atom stereocenters. The average Bonchev–Trinajstić information content (AvgIpc) is 2.99. The first-order valence-electron chi connectivity index (χ1n) is 7.49. The van der Waals surface area contributed by atoms with Gasteiger partial charge in [-0.05, 0) is 49.2 Å². The number of aliphatic hydroxyl groups excluding tert-OH is 1. The molecule has 3 rings (SSSR count). The molecule has 0 aliphatic rings. The third kappa shape index (κ3) is 3.24. The van der Waals surface area contributed by atoms with E-state index in [1.165, 1.54) is 11.1 Å². The maximum absolute atomic E-state index is 9.50. The minimum atomic E-state index is -0.168. The van der Waals surface area contributed by atoms with E-state index in [-0.39, 0.29) is 6.61 Å². The number of hydrogen-bond acceptors (Lipinski definition) is 4. The Bertz CT molecular complexity index is 797. The Labute approximate surface area is 135 Å². The molecule has 0 saturated carbocycles. The van der Waals surface area contributed by atoms with Crippen LogP contribution in [0.25, 0.3) is 5.69 Å². The minimum absolute atomic E-state index is 0.168. The summed E-state index contributed by atoms with van der Waals surface area (Å²) in [4.78, 5) is 0. The second kappa shape index (κ2) is 6.62. The van der Waals surface area contributed by atoms with Crippen LogP contribution in [0, 0.1) is 13.8 Å². The van der Waals surface area contributed by atoms with Crippen LogP contribution < -0.4 is 4.74 Å². The van der Waals surface area contributed by atoms with E-state index in [1.54, 1.807) is 4.68 Å². The number of benzene rings is 2. The summed E-state index contributed by atoms with van der Waals surface area (Å²) in [7, 11) is 0. The lowest BCUT2D eigenvalue weighted by atomic mass is 10.1. The highest BCUT2D eigenvalue weighted by Crippen LogP contribution is 2.19. The monoisotopic (exact) mass is 309 g/mol. The fraction of sp³-hybridized carbons (Fsp3) is 0.222. The zero-order valence-electron chi connectivity index (χ0n) is 13.2. The Morgan fingerprint density at radius 3 is 2.52 bits per heavy atom. The minimum Gasteiger partial charge on any atom is -0.487 e. The predicted molar refractivity (Wildman–Crippen MR) is 87.5 cm³/mol. The molecule has 2 aromatic carbocycles. The Morgan fingerprint density at radius 1 is 1.04 bits per heavy atom. The summed E-state index contributed by atoms with van der Waals surface area (Å²) in [6.45, 7) is 4.25. The quantitative estimate of drug-likeness (QED) is 0.787. The molecule has 0 spiro atoms. The summed E-state index contributed by atoms with van der Waals surface area (Å²) in [6, 6.07) is 15.6. The zero-order valence-corrected chi connectivity index (χ0v) is 13.2. The van der Waals surface area contributed by atoms with Gasteiger partial charge in [0.1, 0.15) is 23.7 Å². The fourth-order valence-electron chi connectivity index (χ4n) is 2.33. The molecular weight excluding hydrogens is 290 g/mol. The number of nitrogens with zero attached hydrogens (tertiary/aromatic N) is 3. The van der Waals surface area contributed by atoms with Crippen molar-refractivity contribution in [3.05, 3.63) is 71.0 Å². The molecule has 0 radical (unpaired) electrons. The lowest BCUT2D eigenvalue weighted by molar-refractivity contribution is 0.263. The molecule has 1 heterocycles. The molecule has 5 nitrogen and oxygen atoms in total. The molecule has 0 amide bonds. The highest BCUT2D eigenvalue weighted by molar-refractivity contribution is 5.40. The Balaban J connectivity index is 1.92. The summed E-state index contributed by atoms with van der Waals surface area (Å²) in [5.74, 6) is 0.768. The van der Waals surface area contributed by atoms with E-state index in [9.17, 15) is 5.11 Å². The first-order valence-corrected chi connectivity index (χ1v) is 7.49. The van der Waals surface area contributed by atoms with Crippen LogP contribution in [-0.2, 0) is 13.2 Å². The van der Waals surface area contributed by atoms with Crippen molar-refractivity contribution < 1.29 is 9.84 Å². The van der Waals surface area contributed by atoms with Gasteiger partial charge in [0.25, 0.3) is 0 Å². The van der Waals surface area contributed by atoms with Crippen molar-refractivity contribution >= 4 is 0 Å². The number of aliphatic hydroxyl groups is 1. The number of ether oxygens (including phenoxy) is 1. The number of aryl methyl sites for hydroxylation is 2. The molecule has 5 heteroatoms. The van der Waals surface area contributed by atoms with Crippen LogP contribution in [-0.4, -0.2) is 20.1 Å². The molecule has 0 saturated heterocycles. The van der Waals surface area contributed by atoms with E-state index < -0.39 is 0 Å². The van der Waals surface area contributed by atoms with Crippen molar-refractivity contribution in [2.75, 3.05) is 0 Å². The van der Waals surface area contributed by atoms with Crippen molar-refractivity contribution in [3.63, 3.8) is 0 Å². The predicted octanol–water partition coefficient (Wildman–Crippen LogP) is 2.96. The normalized spacial score (nSPS) is 10.7. The van der Waals surface area contributed by atoms with Gasteiger partial charge in [0.15, 0.2) is 0 Å². The highest BCUT2D eigenvalue weighted by Gasteiger charge is 2.15. The van der Waals surface area contributed by atoms with Crippen molar-refractivity contribution in [3.8, 4) is 11.4 Å². The van der Waals surface area contributed by atoms with Gasteiger partial charge in [-0.2, -0.15) is 0 Å². The van der Waals surface area contributed by atoms with Gasteiger partial charge in [-0.25, -0.2) is 4.68 Å². The molecule has 23 heavy (non-hydrogen) atoms. The van der Waals surface area contributed by atoms with Gasteiger partial charge in [0, 0.05) is 0 Å². The Kier molecular flexibility index (Phi) is 4.39. The van der Waals surface area contributed by atoms with Gasteiger partial charge in [-0.1, -0.05) is 29.5 Å². The molecule has 0 unspecified atom stereocenters. The van der Waals surface area contributed by atoms with Crippen LogP contribution >= 0.6 is 0 Å². The third-order valence-corrected chi connectivity index (χ3v) is 3.85. The lowest BCUT2D eigenvalue weighted by Gasteiger charge is -2.11. The van der Waals surface area contributed by atoms with Gasteiger partial charge in [-0.15, -0.1) is 5.10 Å². The third-order valence-electron chi connectivity index (χ3n) is 3.85. The second-order valence-electron chi connectivity index (χ2n) is 5.42. The van der Waals surface area contributed by atoms with E-state index in [2.05, 4.69) is 30.2 Å². The lowest BCUT2D eigenvalue weighted by Crippen LogP contribution is -2.08. The van der Waals surface area contributed by atoms with Gasteiger partial charge >= 0.3 is 0 Å². The van der Waals surface area contributed by atoms with Crippen LogP contribution in [0.3, 0.4) is 0 Å². The van der Waals surface area contributed by atoms with Crippen molar-refractivity contribution in [2.45, 2.75) is 27.1 Å². The van der Waals surface area contributed by atoms with Crippen LogP contribution in [0.2, 0.25) is 0 Å². The molecule has 0 aliphatic carbocycles. The molecule has 0 aliphatic heterocycles. The van der Waals surface area contributed by atoms with Crippen LogP contribution in [0.15, 0.2) is 48.5 Å². The van der Waals surface area contributed by atoms with E-state index in [0.29, 0.717) is 12.3 Å². The molecule has 0 fully saturated rings. The van der Waals surface area contributed by atoms with Crippen molar-refractivity contribution in [2.24, 2.45) is 0 Å². The molecular formula is C18H19N3O2. The van der Waals surface area contributed by atoms with E-state index >= 15 is 0 Å². The summed E-state index contributed by atoms with van der Waals surface area (Å²) in [6.07, 6.45) is 0. The summed E-state index contributed by atoms with van der Waals surface area (Å²) < 4.78 is 7.52. The number of para-hydroxylation sites is 1. The molecule has 3 aromatic rings. The van der Waals surface area contributed by atoms with Crippen LogP contribution in [0.5, 0.6) is 5.75 Å². The van der Waals surface area contributed by atoms with E-state index in [4.69, 9.17) is 4.74 Å². The highest BCUT2D eigenvalue weighted by atomic mass is 16.5. The number of hydrogen-bond donors (Lipinski definition) is 1. The molecule has 1 N–H and O–H groups in total. The fourth-order valence-corrected chi connectivity index (χ4v) is 2.33. The van der Waals surface area contributed by atoms with E-state index in [0.717, 1.165) is 17.1 Å². The molecule has 1 aromatic heterocycles. The van der Waals surface area contributed by atoms with E-state index in [1.807, 2.05) is 42.5 Å². The summed E-state index contributed by atoms with van der Waals surface area (Å²) in [5.41, 5.74) is 4.59. The van der Waals surface area contributed by atoms with Gasteiger partial charge in [-0.3, -0.25) is 0 Å². The first kappa shape index (κ1) is 15.2. The average molecular weight is 309 g/mol. The maximum Gasteiger partial charge on any atom is 0.132 e. The van der Waals surface area contributed by atoms with Crippen LogP contribution in [0.1, 0.15) is 22.5 Å².